The molecule has 1 aromatic heterocycles. The minimum atomic E-state index is -0.423. The van der Waals surface area contributed by atoms with Crippen molar-refractivity contribution in [2.45, 2.75) is 13.8 Å². The summed E-state index contributed by atoms with van der Waals surface area (Å²) in [5.74, 6) is 0.378. The molecule has 0 bridgehead atoms. The van der Waals surface area contributed by atoms with Crippen LogP contribution in [-0.4, -0.2) is 41.7 Å². The predicted molar refractivity (Wildman–Crippen MR) is 135 cm³/mol. The van der Waals surface area contributed by atoms with Gasteiger partial charge >= 0.3 is 5.97 Å². The van der Waals surface area contributed by atoms with Gasteiger partial charge in [-0.2, -0.15) is 0 Å². The monoisotopic (exact) mass is 487 g/mol. The highest BCUT2D eigenvalue weighted by atomic mass is 16.5. The molecular formula is C27H25N3O6. The van der Waals surface area contributed by atoms with Crippen molar-refractivity contribution in [2.75, 3.05) is 25.1 Å². The number of H-pyrrole nitrogens is 1. The Bertz CT molecular complexity index is 1450. The smallest absolute Gasteiger partial charge is 0.338 e. The van der Waals surface area contributed by atoms with Crippen molar-refractivity contribution >= 4 is 28.5 Å². The van der Waals surface area contributed by atoms with Gasteiger partial charge in [0.1, 0.15) is 5.82 Å². The van der Waals surface area contributed by atoms with Crippen LogP contribution in [-0.2, 0) is 9.53 Å². The molecule has 9 heteroatoms. The number of amides is 1. The van der Waals surface area contributed by atoms with E-state index in [0.717, 1.165) is 0 Å². The molecule has 0 unspecified atom stereocenters. The Morgan fingerprint density at radius 1 is 0.917 bits per heavy atom. The largest absolute Gasteiger partial charge is 0.490 e. The number of anilines is 1. The first-order chi connectivity index (χ1) is 17.5. The molecule has 0 aliphatic carbocycles. The highest BCUT2D eigenvalue weighted by Gasteiger charge is 2.13. The number of hydrogen-bond donors (Lipinski definition) is 2. The molecule has 1 amide bonds. The summed E-state index contributed by atoms with van der Waals surface area (Å²) in [6, 6.07) is 18.6. The first-order valence-electron chi connectivity index (χ1n) is 11.4. The van der Waals surface area contributed by atoms with Crippen LogP contribution in [0.1, 0.15) is 24.2 Å². The van der Waals surface area contributed by atoms with Crippen molar-refractivity contribution in [1.82, 2.24) is 9.97 Å². The van der Waals surface area contributed by atoms with Crippen molar-refractivity contribution in [3.8, 4) is 22.9 Å². The van der Waals surface area contributed by atoms with Gasteiger partial charge < -0.3 is 24.5 Å². The number of carbonyl (C=O) groups is 2. The zero-order valence-electron chi connectivity index (χ0n) is 19.9. The summed E-state index contributed by atoms with van der Waals surface area (Å²) in [7, 11) is 0. The fraction of sp³-hybridized carbons (Fsp3) is 0.185. The summed E-state index contributed by atoms with van der Waals surface area (Å²) in [6.07, 6.45) is 0. The van der Waals surface area contributed by atoms with Gasteiger partial charge in [0.15, 0.2) is 18.1 Å². The molecule has 36 heavy (non-hydrogen) atoms. The van der Waals surface area contributed by atoms with Crippen molar-refractivity contribution < 1.29 is 23.8 Å². The van der Waals surface area contributed by atoms with E-state index in [1.165, 1.54) is 0 Å². The third-order valence-corrected chi connectivity index (χ3v) is 5.17. The minimum Gasteiger partial charge on any atom is -0.490 e. The Morgan fingerprint density at radius 3 is 2.44 bits per heavy atom. The maximum Gasteiger partial charge on any atom is 0.338 e. The van der Waals surface area contributed by atoms with Crippen LogP contribution >= 0.6 is 0 Å². The third-order valence-electron chi connectivity index (χ3n) is 5.17. The number of hydrogen-bond acceptors (Lipinski definition) is 7. The van der Waals surface area contributed by atoms with Gasteiger partial charge in [-0.1, -0.05) is 12.1 Å². The van der Waals surface area contributed by atoms with Crippen LogP contribution in [0.4, 0.5) is 5.69 Å². The molecule has 0 aliphatic rings. The van der Waals surface area contributed by atoms with E-state index >= 15 is 0 Å². The Hall–Kier alpha value is -4.66. The number of aromatic nitrogens is 2. The fourth-order valence-electron chi connectivity index (χ4n) is 3.51. The molecule has 9 nitrogen and oxygen atoms in total. The Labute approximate surface area is 207 Å². The summed E-state index contributed by atoms with van der Waals surface area (Å²) in [5.41, 5.74) is 1.90. The minimum absolute atomic E-state index is 0.235. The van der Waals surface area contributed by atoms with E-state index in [4.69, 9.17) is 14.2 Å². The summed E-state index contributed by atoms with van der Waals surface area (Å²) in [5, 5.41) is 3.22. The molecule has 0 aliphatic heterocycles. The van der Waals surface area contributed by atoms with Gasteiger partial charge in [0.25, 0.3) is 11.5 Å². The second kappa shape index (κ2) is 11.2. The zero-order valence-corrected chi connectivity index (χ0v) is 19.9. The number of ether oxygens (including phenoxy) is 3. The zero-order chi connectivity index (χ0) is 25.5. The lowest BCUT2D eigenvalue weighted by Crippen LogP contribution is -2.20. The first-order valence-corrected chi connectivity index (χ1v) is 11.4. The van der Waals surface area contributed by atoms with Crippen LogP contribution < -0.4 is 20.3 Å². The quantitative estimate of drug-likeness (QED) is 0.340. The topological polar surface area (TPSA) is 120 Å². The molecule has 1 heterocycles. The van der Waals surface area contributed by atoms with Crippen LogP contribution in [0, 0.1) is 0 Å². The number of para-hydroxylation sites is 1. The Morgan fingerprint density at radius 2 is 1.69 bits per heavy atom. The highest BCUT2D eigenvalue weighted by Crippen LogP contribution is 2.32. The number of rotatable bonds is 9. The molecule has 0 saturated heterocycles. The number of fused-ring (bicyclic) bond motifs is 1. The normalized spacial score (nSPS) is 10.6. The van der Waals surface area contributed by atoms with E-state index in [9.17, 15) is 14.4 Å². The van der Waals surface area contributed by atoms with Crippen molar-refractivity contribution in [1.29, 1.82) is 0 Å². The molecule has 0 fully saturated rings. The lowest BCUT2D eigenvalue weighted by atomic mass is 10.1. The van der Waals surface area contributed by atoms with Gasteiger partial charge in [0.05, 0.1) is 29.7 Å². The van der Waals surface area contributed by atoms with E-state index in [-0.39, 0.29) is 24.7 Å². The summed E-state index contributed by atoms with van der Waals surface area (Å²) < 4.78 is 16.4. The molecule has 4 aromatic rings. The number of carbonyl (C=O) groups excluding carboxylic acids is 2. The van der Waals surface area contributed by atoms with Crippen LogP contribution in [0.15, 0.2) is 71.5 Å². The predicted octanol–water partition coefficient (Wildman–Crippen LogP) is 4.18. The van der Waals surface area contributed by atoms with E-state index in [1.807, 2.05) is 13.0 Å². The number of esters is 1. The number of nitrogens with one attached hydrogen (secondary N) is 2. The van der Waals surface area contributed by atoms with Crippen LogP contribution in [0.5, 0.6) is 11.5 Å². The van der Waals surface area contributed by atoms with Gasteiger partial charge in [-0.25, -0.2) is 9.78 Å². The molecule has 3 aromatic carbocycles. The van der Waals surface area contributed by atoms with Crippen LogP contribution in [0.3, 0.4) is 0 Å². The average Bonchev–Trinajstić information content (AvgIpc) is 2.88. The lowest BCUT2D eigenvalue weighted by Gasteiger charge is -2.13. The molecule has 0 radical (unpaired) electrons. The molecule has 2 N–H and O–H groups in total. The molecule has 184 valence electrons. The standard InChI is InChI=1S/C27H25N3O6/c1-3-34-23-15-18(25-29-21-8-6-5-7-20(21)26(32)30-25)11-14-22(23)36-16-24(31)28-19-12-9-17(10-13-19)27(33)35-4-2/h5-15H,3-4,16H2,1-2H3,(H,28,31)(H,29,30,32). The van der Waals surface area contributed by atoms with Gasteiger partial charge in [0.2, 0.25) is 0 Å². The highest BCUT2D eigenvalue weighted by molar-refractivity contribution is 5.93. The van der Waals surface area contributed by atoms with Crippen LogP contribution in [0.2, 0.25) is 0 Å². The average molecular weight is 488 g/mol. The first kappa shape index (κ1) is 24.5. The molecular weight excluding hydrogens is 462 g/mol. The summed E-state index contributed by atoms with van der Waals surface area (Å²) in [6.45, 7) is 3.97. The SMILES string of the molecule is CCOC(=O)c1ccc(NC(=O)COc2ccc(-c3nc4ccccc4c(=O)[nH]3)cc2OCC)cc1. The molecule has 4 rings (SSSR count). The summed E-state index contributed by atoms with van der Waals surface area (Å²) >= 11 is 0. The lowest BCUT2D eigenvalue weighted by molar-refractivity contribution is -0.118. The Balaban J connectivity index is 1.46. The van der Waals surface area contributed by atoms with Crippen LogP contribution in [0.25, 0.3) is 22.3 Å². The second-order valence-electron chi connectivity index (χ2n) is 7.66. The van der Waals surface area contributed by atoms with Crippen molar-refractivity contribution in [3.05, 3.63) is 82.6 Å². The van der Waals surface area contributed by atoms with Gasteiger partial charge in [-0.15, -0.1) is 0 Å². The van der Waals surface area contributed by atoms with Gasteiger partial charge in [-0.05, 0) is 68.4 Å². The fourth-order valence-corrected chi connectivity index (χ4v) is 3.51. The molecule has 0 saturated carbocycles. The molecule has 0 atom stereocenters. The Kier molecular flexibility index (Phi) is 7.60. The maximum absolute atomic E-state index is 12.4. The van der Waals surface area contributed by atoms with E-state index in [0.29, 0.717) is 51.6 Å². The number of benzene rings is 3. The summed E-state index contributed by atoms with van der Waals surface area (Å²) in [4.78, 5) is 43.9. The molecule has 0 spiro atoms. The van der Waals surface area contributed by atoms with Crippen molar-refractivity contribution in [3.63, 3.8) is 0 Å². The van der Waals surface area contributed by atoms with E-state index < -0.39 is 5.97 Å². The van der Waals surface area contributed by atoms with Gasteiger partial charge in [-0.3, -0.25) is 9.59 Å². The maximum atomic E-state index is 12.4. The van der Waals surface area contributed by atoms with Crippen molar-refractivity contribution in [2.24, 2.45) is 0 Å². The third kappa shape index (κ3) is 5.69. The number of nitrogens with zero attached hydrogens (tertiary/aromatic N) is 1. The van der Waals surface area contributed by atoms with E-state index in [1.54, 1.807) is 67.6 Å². The number of aromatic amines is 1. The second-order valence-corrected chi connectivity index (χ2v) is 7.66. The van der Waals surface area contributed by atoms with E-state index in [2.05, 4.69) is 15.3 Å². The van der Waals surface area contributed by atoms with Gasteiger partial charge in [0, 0.05) is 11.3 Å².